The van der Waals surface area contributed by atoms with Crippen LogP contribution in [0.1, 0.15) is 10.4 Å². The summed E-state index contributed by atoms with van der Waals surface area (Å²) in [7, 11) is 2.85. The topological polar surface area (TPSA) is 64.6 Å². The molecular formula is C12H14INO4. The van der Waals surface area contributed by atoms with Gasteiger partial charge < -0.3 is 14.8 Å². The normalized spacial score (nSPS) is 11.5. The number of halogens is 1. The molecule has 0 saturated carbocycles. The van der Waals surface area contributed by atoms with Gasteiger partial charge in [0.15, 0.2) is 0 Å². The lowest BCUT2D eigenvalue weighted by molar-refractivity contribution is -0.139. The molecule has 98 valence electrons. The smallest absolute Gasteiger partial charge is 0.320 e. The second-order valence-electron chi connectivity index (χ2n) is 3.43. The number of hydrogen-bond acceptors (Lipinski definition) is 4. The number of carbonyl (C=O) groups excluding carboxylic acids is 2. The number of nitrogens with one attached hydrogen (secondary N) is 1. The lowest BCUT2D eigenvalue weighted by atomic mass is 10.2. The van der Waals surface area contributed by atoms with Crippen LogP contribution in [0.4, 0.5) is 0 Å². The minimum absolute atomic E-state index is 0.225. The average Bonchev–Trinajstić information content (AvgIpc) is 2.43. The molecule has 18 heavy (non-hydrogen) atoms. The Morgan fingerprint density at radius 1 is 1.39 bits per heavy atom. The molecular weight excluding hydrogens is 349 g/mol. The Morgan fingerprint density at radius 3 is 2.72 bits per heavy atom. The fraction of sp³-hybridized carbons (Fsp3) is 0.333. The number of alkyl halides is 1. The summed E-state index contributed by atoms with van der Waals surface area (Å²) in [6.07, 6.45) is 0. The minimum Gasteiger partial charge on any atom is -0.497 e. The van der Waals surface area contributed by atoms with Gasteiger partial charge in [-0.05, 0) is 18.2 Å². The van der Waals surface area contributed by atoms with Crippen LogP contribution >= 0.6 is 22.6 Å². The lowest BCUT2D eigenvalue weighted by Gasteiger charge is -2.09. The Morgan fingerprint density at radius 2 is 2.11 bits per heavy atom. The third kappa shape index (κ3) is 4.17. The monoisotopic (exact) mass is 363 g/mol. The molecule has 6 heteroatoms. The largest absolute Gasteiger partial charge is 0.497 e. The molecule has 0 aliphatic heterocycles. The Balaban J connectivity index is 2.57. The van der Waals surface area contributed by atoms with Crippen molar-refractivity contribution >= 4 is 34.5 Å². The van der Waals surface area contributed by atoms with E-state index in [1.54, 1.807) is 24.3 Å². The van der Waals surface area contributed by atoms with Gasteiger partial charge in [-0.1, -0.05) is 28.7 Å². The molecule has 0 spiro atoms. The summed E-state index contributed by atoms with van der Waals surface area (Å²) in [5, 5.41) is 2.66. The van der Waals surface area contributed by atoms with Crippen molar-refractivity contribution in [3.05, 3.63) is 29.8 Å². The van der Waals surface area contributed by atoms with Crippen LogP contribution in [0.5, 0.6) is 5.75 Å². The van der Waals surface area contributed by atoms with E-state index in [0.29, 0.717) is 11.3 Å². The molecule has 0 aromatic heterocycles. The molecule has 1 rings (SSSR count). The Bertz CT molecular complexity index is 436. The van der Waals surface area contributed by atoms with Gasteiger partial charge in [0.2, 0.25) is 0 Å². The highest BCUT2D eigenvalue weighted by Gasteiger charge is 2.16. The summed E-state index contributed by atoms with van der Waals surface area (Å²) >= 11 is 1.92. The average molecular weight is 363 g/mol. The minimum atomic E-state index is -0.401. The number of rotatable bonds is 5. The molecule has 0 saturated heterocycles. The standard InChI is InChI=1S/C12H14INO4/c1-17-9-5-3-4-8(6-9)11(15)14-7-10(13)12(16)18-2/h3-6,10H,7H2,1-2H3,(H,14,15). The van der Waals surface area contributed by atoms with E-state index in [9.17, 15) is 9.59 Å². The van der Waals surface area contributed by atoms with Crippen molar-refractivity contribution in [1.82, 2.24) is 5.32 Å². The van der Waals surface area contributed by atoms with E-state index in [1.807, 2.05) is 22.6 Å². The van der Waals surface area contributed by atoms with Crippen LogP contribution in [-0.2, 0) is 9.53 Å². The van der Waals surface area contributed by atoms with Crippen LogP contribution in [0, 0.1) is 0 Å². The molecule has 0 bridgehead atoms. The van der Waals surface area contributed by atoms with Crippen molar-refractivity contribution < 1.29 is 19.1 Å². The van der Waals surface area contributed by atoms with Crippen LogP contribution in [0.15, 0.2) is 24.3 Å². The summed E-state index contributed by atoms with van der Waals surface area (Å²) < 4.78 is 9.20. The number of amides is 1. The summed E-state index contributed by atoms with van der Waals surface area (Å²) in [6, 6.07) is 6.80. The van der Waals surface area contributed by atoms with E-state index >= 15 is 0 Å². The third-order valence-electron chi connectivity index (χ3n) is 2.23. The van der Waals surface area contributed by atoms with Gasteiger partial charge in [0, 0.05) is 12.1 Å². The zero-order valence-electron chi connectivity index (χ0n) is 10.1. The van der Waals surface area contributed by atoms with E-state index in [1.165, 1.54) is 14.2 Å². The van der Waals surface area contributed by atoms with Crippen molar-refractivity contribution in [1.29, 1.82) is 0 Å². The first-order chi connectivity index (χ1) is 8.58. The first kappa shape index (κ1) is 14.7. The Hall–Kier alpha value is -1.31. The van der Waals surface area contributed by atoms with Crippen molar-refractivity contribution in [2.45, 2.75) is 3.92 Å². The van der Waals surface area contributed by atoms with Crippen molar-refractivity contribution in [2.24, 2.45) is 0 Å². The zero-order chi connectivity index (χ0) is 13.5. The van der Waals surface area contributed by atoms with Crippen LogP contribution in [0.2, 0.25) is 0 Å². The van der Waals surface area contributed by atoms with Crippen molar-refractivity contribution in [3.63, 3.8) is 0 Å². The predicted molar refractivity (Wildman–Crippen MR) is 75.2 cm³/mol. The molecule has 1 atom stereocenters. The number of esters is 1. The van der Waals surface area contributed by atoms with Crippen LogP contribution in [0.25, 0.3) is 0 Å². The summed E-state index contributed by atoms with van der Waals surface area (Å²) in [6.45, 7) is 0.225. The molecule has 0 heterocycles. The SMILES string of the molecule is COC(=O)C(I)CNC(=O)c1cccc(OC)c1. The van der Waals surface area contributed by atoms with E-state index in [0.717, 1.165) is 0 Å². The second kappa shape index (κ2) is 7.20. The zero-order valence-corrected chi connectivity index (χ0v) is 12.3. The summed E-state index contributed by atoms with van der Waals surface area (Å²) in [4.78, 5) is 23.0. The maximum Gasteiger partial charge on any atom is 0.320 e. The number of hydrogen-bond donors (Lipinski definition) is 1. The molecule has 1 N–H and O–H groups in total. The number of methoxy groups -OCH3 is 2. The van der Waals surface area contributed by atoms with Crippen molar-refractivity contribution in [2.75, 3.05) is 20.8 Å². The van der Waals surface area contributed by atoms with Gasteiger partial charge in [-0.25, -0.2) is 0 Å². The highest BCUT2D eigenvalue weighted by molar-refractivity contribution is 14.1. The van der Waals surface area contributed by atoms with Crippen molar-refractivity contribution in [3.8, 4) is 5.75 Å². The van der Waals surface area contributed by atoms with E-state index in [2.05, 4.69) is 10.1 Å². The highest BCUT2D eigenvalue weighted by atomic mass is 127. The van der Waals surface area contributed by atoms with Crippen LogP contribution in [0.3, 0.4) is 0 Å². The van der Waals surface area contributed by atoms with Gasteiger partial charge in [0.05, 0.1) is 14.2 Å². The van der Waals surface area contributed by atoms with Crippen LogP contribution in [-0.4, -0.2) is 36.6 Å². The lowest BCUT2D eigenvalue weighted by Crippen LogP contribution is -2.33. The fourth-order valence-corrected chi connectivity index (χ4v) is 1.73. The maximum absolute atomic E-state index is 11.8. The van der Waals surface area contributed by atoms with Gasteiger partial charge in [-0.15, -0.1) is 0 Å². The van der Waals surface area contributed by atoms with Gasteiger partial charge in [-0.3, -0.25) is 9.59 Å². The van der Waals surface area contributed by atoms with E-state index in [4.69, 9.17) is 4.74 Å². The first-order valence-corrected chi connectivity index (χ1v) is 6.47. The third-order valence-corrected chi connectivity index (χ3v) is 3.18. The van der Waals surface area contributed by atoms with Gasteiger partial charge in [0.1, 0.15) is 9.67 Å². The predicted octanol–water partition coefficient (Wildman–Crippen LogP) is 1.40. The molecule has 1 aromatic carbocycles. The van der Waals surface area contributed by atoms with Gasteiger partial charge in [-0.2, -0.15) is 0 Å². The quantitative estimate of drug-likeness (QED) is 0.488. The molecule has 0 fully saturated rings. The first-order valence-electron chi connectivity index (χ1n) is 5.22. The fourth-order valence-electron chi connectivity index (χ4n) is 1.26. The summed E-state index contributed by atoms with van der Waals surface area (Å²) in [5.74, 6) is 0.00246. The molecule has 0 radical (unpaired) electrons. The molecule has 1 aromatic rings. The number of carbonyl (C=O) groups is 2. The Labute approximate surface area is 119 Å². The molecule has 1 unspecified atom stereocenters. The highest BCUT2D eigenvalue weighted by Crippen LogP contribution is 2.12. The van der Waals surface area contributed by atoms with Gasteiger partial charge in [0.25, 0.3) is 5.91 Å². The molecule has 1 amide bonds. The van der Waals surface area contributed by atoms with Gasteiger partial charge >= 0.3 is 5.97 Å². The number of benzene rings is 1. The van der Waals surface area contributed by atoms with E-state index in [-0.39, 0.29) is 18.4 Å². The second-order valence-corrected chi connectivity index (χ2v) is 4.94. The van der Waals surface area contributed by atoms with E-state index < -0.39 is 3.92 Å². The van der Waals surface area contributed by atoms with Crippen LogP contribution < -0.4 is 10.1 Å². The maximum atomic E-state index is 11.8. The molecule has 0 aliphatic rings. The molecule has 0 aliphatic carbocycles. The Kier molecular flexibility index (Phi) is 5.90. The summed E-state index contributed by atoms with van der Waals surface area (Å²) in [5.41, 5.74) is 0.489. The number of ether oxygens (including phenoxy) is 2. The molecule has 5 nitrogen and oxygen atoms in total.